The molecule has 1 fully saturated rings. The molecule has 3 amide bonds. The van der Waals surface area contributed by atoms with Gasteiger partial charge in [-0.3, -0.25) is 19.2 Å². The van der Waals surface area contributed by atoms with E-state index >= 15 is 0 Å². The van der Waals surface area contributed by atoms with Crippen molar-refractivity contribution in [3.8, 4) is 0 Å². The van der Waals surface area contributed by atoms with Crippen LogP contribution in [0.4, 0.5) is 8.78 Å². The molecule has 0 spiro atoms. The van der Waals surface area contributed by atoms with Crippen LogP contribution in [0, 0.1) is 11.6 Å². The zero-order valence-corrected chi connectivity index (χ0v) is 18.1. The maximum atomic E-state index is 14.1. The topological polar surface area (TPSA) is 95.6 Å². The summed E-state index contributed by atoms with van der Waals surface area (Å²) in [6.07, 6.45) is 0.237. The fraction of sp³-hybridized carbons (Fsp3) is 0.333. The summed E-state index contributed by atoms with van der Waals surface area (Å²) in [5.74, 6) is -4.36. The van der Waals surface area contributed by atoms with E-state index < -0.39 is 53.8 Å². The number of hydrogen-bond acceptors (Lipinski definition) is 4. The van der Waals surface area contributed by atoms with Gasteiger partial charge >= 0.3 is 0 Å². The van der Waals surface area contributed by atoms with Crippen molar-refractivity contribution >= 4 is 23.5 Å². The Labute approximate surface area is 190 Å². The molecule has 2 unspecified atom stereocenters. The number of likely N-dealkylation sites (N-methyl/N-ethyl adjacent to an activating group) is 1. The van der Waals surface area contributed by atoms with Gasteiger partial charge in [-0.05, 0) is 31.0 Å². The molecule has 1 saturated heterocycles. The highest BCUT2D eigenvalue weighted by Crippen LogP contribution is 2.24. The SMILES string of the molecule is CCNC(=O)C(=O)C(Cc1ccccc1)NC(=O)C1CCC(=O)N1Cc1c(F)cccc1F. The first-order valence-electron chi connectivity index (χ1n) is 10.7. The number of hydrogen-bond donors (Lipinski definition) is 2. The molecule has 174 valence electrons. The van der Waals surface area contributed by atoms with E-state index in [4.69, 9.17) is 0 Å². The minimum atomic E-state index is -1.16. The number of benzene rings is 2. The number of amides is 3. The molecule has 0 saturated carbocycles. The fourth-order valence-corrected chi connectivity index (χ4v) is 3.79. The number of nitrogens with zero attached hydrogens (tertiary/aromatic N) is 1. The molecule has 3 rings (SSSR count). The van der Waals surface area contributed by atoms with Gasteiger partial charge in [0.15, 0.2) is 0 Å². The molecule has 2 atom stereocenters. The van der Waals surface area contributed by atoms with Crippen LogP contribution in [0.1, 0.15) is 30.9 Å². The molecule has 0 bridgehead atoms. The second-order valence-electron chi connectivity index (χ2n) is 7.75. The van der Waals surface area contributed by atoms with Crippen LogP contribution in [0.2, 0.25) is 0 Å². The Kier molecular flexibility index (Phi) is 7.87. The molecule has 0 radical (unpaired) electrons. The molecule has 2 aromatic rings. The standard InChI is InChI=1S/C24H25F2N3O4/c1-2-27-24(33)22(31)19(13-15-7-4-3-5-8-15)28-23(32)20-11-12-21(30)29(20)14-16-17(25)9-6-10-18(16)26/h3-10,19-20H,2,11-14H2,1H3,(H,27,33)(H,28,32). The maximum absolute atomic E-state index is 14.1. The molecule has 0 aromatic heterocycles. The lowest BCUT2D eigenvalue weighted by Gasteiger charge is -2.26. The maximum Gasteiger partial charge on any atom is 0.289 e. The molecule has 1 aliphatic heterocycles. The van der Waals surface area contributed by atoms with Gasteiger partial charge in [0.2, 0.25) is 17.6 Å². The average molecular weight is 457 g/mol. The van der Waals surface area contributed by atoms with Gasteiger partial charge in [0.05, 0.1) is 6.54 Å². The normalized spacial score (nSPS) is 16.4. The van der Waals surface area contributed by atoms with Crippen LogP contribution in [-0.4, -0.2) is 47.0 Å². The molecule has 2 N–H and O–H groups in total. The van der Waals surface area contributed by atoms with E-state index in [1.165, 1.54) is 6.07 Å². The Bertz CT molecular complexity index is 1030. The summed E-state index contributed by atoms with van der Waals surface area (Å²) >= 11 is 0. The van der Waals surface area contributed by atoms with Gasteiger partial charge in [0, 0.05) is 24.9 Å². The van der Waals surface area contributed by atoms with Crippen molar-refractivity contribution in [2.45, 2.75) is 44.8 Å². The molecule has 0 aliphatic carbocycles. The number of ketones is 1. The molecule has 1 heterocycles. The van der Waals surface area contributed by atoms with Gasteiger partial charge in [-0.25, -0.2) is 8.78 Å². The van der Waals surface area contributed by atoms with Crippen LogP contribution in [0.3, 0.4) is 0 Å². The quantitative estimate of drug-likeness (QED) is 0.562. The summed E-state index contributed by atoms with van der Waals surface area (Å²) < 4.78 is 28.2. The summed E-state index contributed by atoms with van der Waals surface area (Å²) in [6.45, 7) is 1.50. The zero-order chi connectivity index (χ0) is 24.0. The van der Waals surface area contributed by atoms with E-state index in [1.54, 1.807) is 37.3 Å². The lowest BCUT2D eigenvalue weighted by Crippen LogP contribution is -2.53. The van der Waals surface area contributed by atoms with Gasteiger partial charge in [-0.2, -0.15) is 0 Å². The molecular weight excluding hydrogens is 432 g/mol. The average Bonchev–Trinajstić information content (AvgIpc) is 3.16. The minimum Gasteiger partial charge on any atom is -0.350 e. The summed E-state index contributed by atoms with van der Waals surface area (Å²) in [5.41, 5.74) is 0.415. The number of rotatable bonds is 9. The van der Waals surface area contributed by atoms with Crippen molar-refractivity contribution in [3.63, 3.8) is 0 Å². The Morgan fingerprint density at radius 3 is 2.36 bits per heavy atom. The Morgan fingerprint density at radius 1 is 1.06 bits per heavy atom. The van der Waals surface area contributed by atoms with E-state index in [2.05, 4.69) is 10.6 Å². The Hall–Kier alpha value is -3.62. The molecular formula is C24H25F2N3O4. The third-order valence-electron chi connectivity index (χ3n) is 5.50. The predicted molar refractivity (Wildman–Crippen MR) is 116 cm³/mol. The van der Waals surface area contributed by atoms with Gasteiger partial charge in [-0.15, -0.1) is 0 Å². The van der Waals surface area contributed by atoms with Crippen molar-refractivity contribution in [3.05, 3.63) is 71.3 Å². The number of halogens is 2. The van der Waals surface area contributed by atoms with Crippen LogP contribution in [0.5, 0.6) is 0 Å². The van der Waals surface area contributed by atoms with Gasteiger partial charge in [0.25, 0.3) is 5.91 Å². The van der Waals surface area contributed by atoms with E-state index in [1.807, 2.05) is 0 Å². The number of nitrogens with one attached hydrogen (secondary N) is 2. The van der Waals surface area contributed by atoms with Crippen molar-refractivity contribution in [1.82, 2.24) is 15.5 Å². The molecule has 7 nitrogen and oxygen atoms in total. The largest absolute Gasteiger partial charge is 0.350 e. The van der Waals surface area contributed by atoms with E-state index in [9.17, 15) is 28.0 Å². The molecule has 2 aromatic carbocycles. The smallest absolute Gasteiger partial charge is 0.289 e. The Balaban J connectivity index is 1.79. The second kappa shape index (κ2) is 10.8. The van der Waals surface area contributed by atoms with Crippen molar-refractivity contribution < 1.29 is 28.0 Å². The van der Waals surface area contributed by atoms with Gasteiger partial charge in [0.1, 0.15) is 23.7 Å². The first kappa shape index (κ1) is 24.0. The first-order chi connectivity index (χ1) is 15.8. The van der Waals surface area contributed by atoms with Crippen molar-refractivity contribution in [2.24, 2.45) is 0 Å². The Morgan fingerprint density at radius 2 is 1.73 bits per heavy atom. The van der Waals surface area contributed by atoms with Crippen LogP contribution < -0.4 is 10.6 Å². The van der Waals surface area contributed by atoms with Crippen LogP contribution >= 0.6 is 0 Å². The minimum absolute atomic E-state index is 0.0295. The third kappa shape index (κ3) is 5.79. The second-order valence-corrected chi connectivity index (χ2v) is 7.75. The lowest BCUT2D eigenvalue weighted by atomic mass is 10.0. The molecule has 9 heteroatoms. The number of Topliss-reactive ketones (excluding diaryl/α,β-unsaturated/α-hetero) is 1. The highest BCUT2D eigenvalue weighted by molar-refractivity contribution is 6.38. The third-order valence-corrected chi connectivity index (χ3v) is 5.50. The van der Waals surface area contributed by atoms with Crippen LogP contribution in [0.15, 0.2) is 48.5 Å². The summed E-state index contributed by atoms with van der Waals surface area (Å²) in [6, 6.07) is 10.1. The van der Waals surface area contributed by atoms with Crippen molar-refractivity contribution in [1.29, 1.82) is 0 Å². The predicted octanol–water partition coefficient (Wildman–Crippen LogP) is 1.89. The first-order valence-corrected chi connectivity index (χ1v) is 10.7. The highest BCUT2D eigenvalue weighted by Gasteiger charge is 2.38. The highest BCUT2D eigenvalue weighted by atomic mass is 19.1. The zero-order valence-electron chi connectivity index (χ0n) is 18.1. The van der Waals surface area contributed by atoms with E-state index in [0.29, 0.717) is 0 Å². The molecule has 1 aliphatic rings. The molecule has 33 heavy (non-hydrogen) atoms. The summed E-state index contributed by atoms with van der Waals surface area (Å²) in [4.78, 5) is 51.4. The summed E-state index contributed by atoms with van der Waals surface area (Å²) in [7, 11) is 0. The number of likely N-dealkylation sites (tertiary alicyclic amines) is 1. The summed E-state index contributed by atoms with van der Waals surface area (Å²) in [5, 5.41) is 5.01. The number of carbonyl (C=O) groups is 4. The van der Waals surface area contributed by atoms with Crippen molar-refractivity contribution in [2.75, 3.05) is 6.54 Å². The van der Waals surface area contributed by atoms with Gasteiger partial charge in [-0.1, -0.05) is 36.4 Å². The fourth-order valence-electron chi connectivity index (χ4n) is 3.79. The monoisotopic (exact) mass is 457 g/mol. The van der Waals surface area contributed by atoms with Gasteiger partial charge < -0.3 is 15.5 Å². The van der Waals surface area contributed by atoms with E-state index in [-0.39, 0.29) is 31.4 Å². The lowest BCUT2D eigenvalue weighted by molar-refractivity contribution is -0.141. The van der Waals surface area contributed by atoms with Crippen LogP contribution in [-0.2, 0) is 32.1 Å². The van der Waals surface area contributed by atoms with E-state index in [0.717, 1.165) is 22.6 Å². The van der Waals surface area contributed by atoms with Crippen LogP contribution in [0.25, 0.3) is 0 Å². The number of carbonyl (C=O) groups excluding carboxylic acids is 4.